The molecule has 2 N–H and O–H groups in total. The van der Waals surface area contributed by atoms with Crippen LogP contribution in [-0.2, 0) is 14.4 Å². The first-order valence-electron chi connectivity index (χ1n) is 5.32. The number of aliphatic carboxylic acids is 1. The summed E-state index contributed by atoms with van der Waals surface area (Å²) in [7, 11) is 1.42. The summed E-state index contributed by atoms with van der Waals surface area (Å²) in [5.74, 6) is -1.75. The van der Waals surface area contributed by atoms with E-state index in [1.165, 1.54) is 7.05 Å². The first-order chi connectivity index (χ1) is 7.97. The predicted octanol–water partition coefficient (Wildman–Crippen LogP) is -0.426. The van der Waals surface area contributed by atoms with E-state index in [2.05, 4.69) is 10.5 Å². The highest BCUT2D eigenvalue weighted by Gasteiger charge is 2.29. The summed E-state index contributed by atoms with van der Waals surface area (Å²) in [6.07, 6.45) is 0.755. The number of nitrogens with zero attached hydrogens (tertiary/aromatic N) is 2. The van der Waals surface area contributed by atoms with Gasteiger partial charge < -0.3 is 10.0 Å². The highest BCUT2D eigenvalue weighted by Crippen LogP contribution is 2.07. The van der Waals surface area contributed by atoms with E-state index in [0.29, 0.717) is 6.42 Å². The zero-order chi connectivity index (χ0) is 13.0. The van der Waals surface area contributed by atoms with Crippen LogP contribution in [0, 0.1) is 0 Å². The molecule has 7 nitrogen and oxygen atoms in total. The Morgan fingerprint density at radius 1 is 1.53 bits per heavy atom. The number of carbonyl (C=O) groups excluding carboxylic acids is 2. The van der Waals surface area contributed by atoms with Crippen LogP contribution in [0.25, 0.3) is 0 Å². The zero-order valence-corrected chi connectivity index (χ0v) is 9.77. The number of nitrogens with one attached hydrogen (secondary N) is 1. The van der Waals surface area contributed by atoms with Crippen LogP contribution in [0.4, 0.5) is 0 Å². The topological polar surface area (TPSA) is 99.1 Å². The van der Waals surface area contributed by atoms with E-state index in [0.717, 1.165) is 4.90 Å². The van der Waals surface area contributed by atoms with E-state index in [4.69, 9.17) is 5.11 Å². The molecule has 0 aromatic carbocycles. The maximum atomic E-state index is 11.9. The van der Waals surface area contributed by atoms with Gasteiger partial charge in [0, 0.05) is 19.9 Å². The lowest BCUT2D eigenvalue weighted by atomic mass is 10.1. The normalized spacial score (nSPS) is 16.8. The molecule has 0 aromatic rings. The second-order valence-corrected chi connectivity index (χ2v) is 3.77. The van der Waals surface area contributed by atoms with Crippen LogP contribution >= 0.6 is 0 Å². The van der Waals surface area contributed by atoms with E-state index in [1.807, 2.05) is 0 Å². The van der Waals surface area contributed by atoms with Crippen molar-refractivity contribution in [3.8, 4) is 0 Å². The molecular weight excluding hydrogens is 226 g/mol. The van der Waals surface area contributed by atoms with Crippen LogP contribution in [0.15, 0.2) is 5.10 Å². The largest absolute Gasteiger partial charge is 0.480 e. The molecule has 0 aliphatic carbocycles. The minimum Gasteiger partial charge on any atom is -0.480 e. The summed E-state index contributed by atoms with van der Waals surface area (Å²) in [4.78, 5) is 34.8. The van der Waals surface area contributed by atoms with Crippen molar-refractivity contribution in [3.05, 3.63) is 0 Å². The van der Waals surface area contributed by atoms with Crippen molar-refractivity contribution in [3.63, 3.8) is 0 Å². The zero-order valence-electron chi connectivity index (χ0n) is 9.77. The van der Waals surface area contributed by atoms with Crippen LogP contribution in [0.5, 0.6) is 0 Å². The Kier molecular flexibility index (Phi) is 4.19. The van der Waals surface area contributed by atoms with Crippen LogP contribution in [0.3, 0.4) is 0 Å². The van der Waals surface area contributed by atoms with Gasteiger partial charge in [-0.15, -0.1) is 0 Å². The number of carbonyl (C=O) groups is 3. The molecule has 0 saturated heterocycles. The SMILES string of the molecule is CCC(C(=O)O)N(C)C(=O)C1=NNC(=O)CC1. The van der Waals surface area contributed by atoms with Crippen LogP contribution < -0.4 is 5.43 Å². The maximum absolute atomic E-state index is 11.9. The number of hydrogen-bond acceptors (Lipinski definition) is 4. The Labute approximate surface area is 98.5 Å². The van der Waals surface area contributed by atoms with E-state index < -0.39 is 17.9 Å². The average molecular weight is 241 g/mol. The molecular formula is C10H15N3O4. The van der Waals surface area contributed by atoms with E-state index in [1.54, 1.807) is 6.92 Å². The smallest absolute Gasteiger partial charge is 0.326 e. The van der Waals surface area contributed by atoms with Crippen molar-refractivity contribution in [1.29, 1.82) is 0 Å². The van der Waals surface area contributed by atoms with Crippen molar-refractivity contribution >= 4 is 23.5 Å². The quantitative estimate of drug-likeness (QED) is 0.697. The third-order valence-corrected chi connectivity index (χ3v) is 2.61. The highest BCUT2D eigenvalue weighted by molar-refractivity contribution is 6.39. The molecule has 94 valence electrons. The van der Waals surface area contributed by atoms with Crippen molar-refractivity contribution in [1.82, 2.24) is 10.3 Å². The molecule has 7 heteroatoms. The summed E-state index contributed by atoms with van der Waals surface area (Å²) in [6, 6.07) is -0.872. The Balaban J connectivity index is 2.75. The molecule has 0 saturated carbocycles. The number of carboxylic acid groups (broad SMARTS) is 1. The Hall–Kier alpha value is -1.92. The van der Waals surface area contributed by atoms with Gasteiger partial charge in [0.05, 0.1) is 0 Å². The van der Waals surface area contributed by atoms with Crippen molar-refractivity contribution in [2.24, 2.45) is 5.10 Å². The third-order valence-electron chi connectivity index (χ3n) is 2.61. The number of hydrazone groups is 1. The number of rotatable bonds is 4. The van der Waals surface area contributed by atoms with Crippen LogP contribution in [0.2, 0.25) is 0 Å². The number of carboxylic acids is 1. The fraction of sp³-hybridized carbons (Fsp3) is 0.600. The summed E-state index contributed by atoms with van der Waals surface area (Å²) < 4.78 is 0. The molecule has 1 unspecified atom stereocenters. The molecule has 0 radical (unpaired) electrons. The molecule has 1 aliphatic heterocycles. The summed E-state index contributed by atoms with van der Waals surface area (Å²) >= 11 is 0. The Bertz CT molecular complexity index is 378. The summed E-state index contributed by atoms with van der Waals surface area (Å²) in [6.45, 7) is 1.69. The first-order valence-corrected chi connectivity index (χ1v) is 5.32. The fourth-order valence-corrected chi connectivity index (χ4v) is 1.59. The molecule has 17 heavy (non-hydrogen) atoms. The second kappa shape index (κ2) is 5.42. The van der Waals surface area contributed by atoms with Gasteiger partial charge in [0.2, 0.25) is 5.91 Å². The number of amides is 2. The second-order valence-electron chi connectivity index (χ2n) is 3.77. The van der Waals surface area contributed by atoms with E-state index in [-0.39, 0.29) is 24.5 Å². The monoisotopic (exact) mass is 241 g/mol. The molecule has 1 heterocycles. The van der Waals surface area contributed by atoms with Gasteiger partial charge in [-0.2, -0.15) is 5.10 Å². The van der Waals surface area contributed by atoms with Gasteiger partial charge in [-0.05, 0) is 6.42 Å². The molecule has 1 aliphatic rings. The average Bonchev–Trinajstić information content (AvgIpc) is 2.29. The van der Waals surface area contributed by atoms with Gasteiger partial charge >= 0.3 is 5.97 Å². The maximum Gasteiger partial charge on any atom is 0.326 e. The Morgan fingerprint density at radius 2 is 2.18 bits per heavy atom. The molecule has 0 fully saturated rings. The van der Waals surface area contributed by atoms with Crippen molar-refractivity contribution < 1.29 is 19.5 Å². The lowest BCUT2D eigenvalue weighted by molar-refractivity contribution is -0.147. The van der Waals surface area contributed by atoms with Crippen molar-refractivity contribution in [2.75, 3.05) is 7.05 Å². The minimum atomic E-state index is -1.05. The molecule has 0 spiro atoms. The van der Waals surface area contributed by atoms with Gasteiger partial charge in [0.25, 0.3) is 5.91 Å². The van der Waals surface area contributed by atoms with E-state index in [9.17, 15) is 14.4 Å². The van der Waals surface area contributed by atoms with Crippen LogP contribution in [-0.4, -0.2) is 46.6 Å². The fourth-order valence-electron chi connectivity index (χ4n) is 1.59. The number of hydrogen-bond donors (Lipinski definition) is 2. The summed E-state index contributed by atoms with van der Waals surface area (Å²) in [5, 5.41) is 12.6. The third kappa shape index (κ3) is 3.02. The van der Waals surface area contributed by atoms with Gasteiger partial charge in [0.1, 0.15) is 11.8 Å². The first kappa shape index (κ1) is 13.1. The lowest BCUT2D eigenvalue weighted by Gasteiger charge is -2.25. The highest BCUT2D eigenvalue weighted by atomic mass is 16.4. The number of likely N-dealkylation sites (N-methyl/N-ethyl adjacent to an activating group) is 1. The van der Waals surface area contributed by atoms with Gasteiger partial charge in [-0.1, -0.05) is 6.92 Å². The lowest BCUT2D eigenvalue weighted by Crippen LogP contribution is -2.46. The molecule has 0 aromatic heterocycles. The Morgan fingerprint density at radius 3 is 2.59 bits per heavy atom. The van der Waals surface area contributed by atoms with E-state index >= 15 is 0 Å². The van der Waals surface area contributed by atoms with Crippen LogP contribution in [0.1, 0.15) is 26.2 Å². The predicted molar refractivity (Wildman–Crippen MR) is 59.3 cm³/mol. The molecule has 1 rings (SSSR count). The standard InChI is InChI=1S/C10H15N3O4/c1-3-7(10(16)17)13(2)9(15)6-4-5-8(14)12-11-6/h7H,3-5H2,1-2H3,(H,12,14)(H,16,17). The molecule has 1 atom stereocenters. The van der Waals surface area contributed by atoms with Gasteiger partial charge in [-0.25, -0.2) is 10.2 Å². The summed E-state index contributed by atoms with van der Waals surface area (Å²) in [5.41, 5.74) is 2.39. The molecule has 2 amide bonds. The minimum absolute atomic E-state index is 0.187. The van der Waals surface area contributed by atoms with Gasteiger partial charge in [-0.3, -0.25) is 9.59 Å². The van der Waals surface area contributed by atoms with Gasteiger partial charge in [0.15, 0.2) is 0 Å². The molecule has 0 bridgehead atoms. The van der Waals surface area contributed by atoms with Crippen molar-refractivity contribution in [2.45, 2.75) is 32.2 Å².